The van der Waals surface area contributed by atoms with Crippen LogP contribution in [0.25, 0.3) is 0 Å². The average molecular weight is 403 g/mol. The van der Waals surface area contributed by atoms with Gasteiger partial charge in [0.15, 0.2) is 0 Å². The van der Waals surface area contributed by atoms with Crippen LogP contribution in [0.1, 0.15) is 24.0 Å². The van der Waals surface area contributed by atoms with Gasteiger partial charge in [-0.05, 0) is 68.1 Å². The van der Waals surface area contributed by atoms with Crippen molar-refractivity contribution in [3.05, 3.63) is 53.6 Å². The molecule has 1 amide bonds. The molecule has 0 aliphatic carbocycles. The topological polar surface area (TPSA) is 75.7 Å². The molecule has 6 nitrogen and oxygen atoms in total. The minimum atomic E-state index is -3.58. The van der Waals surface area contributed by atoms with Crippen molar-refractivity contribution in [1.29, 1.82) is 0 Å². The number of benzene rings is 2. The van der Waals surface area contributed by atoms with Crippen LogP contribution in [-0.2, 0) is 14.8 Å². The minimum Gasteiger partial charge on any atom is -0.496 e. The van der Waals surface area contributed by atoms with Crippen LogP contribution >= 0.6 is 0 Å². The van der Waals surface area contributed by atoms with Crippen LogP contribution in [0, 0.1) is 19.8 Å². The summed E-state index contributed by atoms with van der Waals surface area (Å²) in [5, 5.41) is 2.94. The first-order chi connectivity index (χ1) is 13.3. The molecule has 0 bridgehead atoms. The second kappa shape index (κ2) is 8.32. The Morgan fingerprint density at radius 1 is 1.11 bits per heavy atom. The molecule has 2 aromatic carbocycles. The number of methoxy groups -OCH3 is 1. The Morgan fingerprint density at radius 2 is 1.82 bits per heavy atom. The first-order valence-corrected chi connectivity index (χ1v) is 10.8. The van der Waals surface area contributed by atoms with E-state index in [1.165, 1.54) is 4.31 Å². The number of nitrogens with one attached hydrogen (secondary N) is 1. The highest BCUT2D eigenvalue weighted by molar-refractivity contribution is 7.89. The lowest BCUT2D eigenvalue weighted by Gasteiger charge is -2.30. The van der Waals surface area contributed by atoms with Crippen molar-refractivity contribution in [2.75, 3.05) is 25.5 Å². The highest BCUT2D eigenvalue weighted by Crippen LogP contribution is 2.27. The summed E-state index contributed by atoms with van der Waals surface area (Å²) in [6, 6.07) is 12.5. The fraction of sp³-hybridized carbons (Fsp3) is 0.381. The predicted octanol–water partition coefficient (Wildman–Crippen LogP) is 3.35. The summed E-state index contributed by atoms with van der Waals surface area (Å²) in [7, 11) is -2.02. The molecule has 28 heavy (non-hydrogen) atoms. The molecule has 1 fully saturated rings. The number of carbonyl (C=O) groups excluding carboxylic acids is 1. The number of sulfonamides is 1. The Bertz CT molecular complexity index is 964. The maximum absolute atomic E-state index is 12.9. The zero-order valence-electron chi connectivity index (χ0n) is 16.4. The quantitative estimate of drug-likeness (QED) is 0.832. The molecule has 150 valence electrons. The average Bonchev–Trinajstić information content (AvgIpc) is 2.68. The fourth-order valence-corrected chi connectivity index (χ4v) is 5.04. The number of piperidine rings is 1. The summed E-state index contributed by atoms with van der Waals surface area (Å²) in [4.78, 5) is 12.8. The van der Waals surface area contributed by atoms with Gasteiger partial charge in [0.05, 0.1) is 12.0 Å². The largest absolute Gasteiger partial charge is 0.496 e. The number of anilines is 1. The summed E-state index contributed by atoms with van der Waals surface area (Å²) < 4.78 is 32.5. The first-order valence-electron chi connectivity index (χ1n) is 9.33. The second-order valence-corrected chi connectivity index (χ2v) is 9.11. The standard InChI is InChI=1S/C21H26N2O4S/c1-15-5-4-6-18(13-15)22-21(24)17-9-11-23(12-10-17)28(25,26)19-7-8-20(27-3)16(2)14-19/h4-8,13-14,17H,9-12H2,1-3H3,(H,22,24). The lowest BCUT2D eigenvalue weighted by atomic mass is 9.97. The Balaban J connectivity index is 1.64. The third-order valence-electron chi connectivity index (χ3n) is 5.11. The molecule has 0 aromatic heterocycles. The maximum Gasteiger partial charge on any atom is 0.243 e. The zero-order valence-corrected chi connectivity index (χ0v) is 17.3. The molecular formula is C21H26N2O4S. The Kier molecular flexibility index (Phi) is 6.05. The van der Waals surface area contributed by atoms with E-state index in [-0.39, 0.29) is 16.7 Å². The lowest BCUT2D eigenvalue weighted by molar-refractivity contribution is -0.120. The Labute approximate surface area is 166 Å². The van der Waals surface area contributed by atoms with Crippen molar-refractivity contribution in [3.8, 4) is 5.75 Å². The summed E-state index contributed by atoms with van der Waals surface area (Å²) in [6.45, 7) is 4.46. The Morgan fingerprint density at radius 3 is 2.43 bits per heavy atom. The molecule has 0 saturated carbocycles. The van der Waals surface area contributed by atoms with Gasteiger partial charge in [-0.25, -0.2) is 8.42 Å². The van der Waals surface area contributed by atoms with Gasteiger partial charge in [0.25, 0.3) is 0 Å². The predicted molar refractivity (Wildman–Crippen MR) is 109 cm³/mol. The third kappa shape index (κ3) is 4.36. The van der Waals surface area contributed by atoms with Crippen LogP contribution in [0.2, 0.25) is 0 Å². The molecule has 3 rings (SSSR count). The van der Waals surface area contributed by atoms with Crippen molar-refractivity contribution in [2.24, 2.45) is 5.92 Å². The van der Waals surface area contributed by atoms with E-state index in [4.69, 9.17) is 4.74 Å². The highest BCUT2D eigenvalue weighted by atomic mass is 32.2. The number of hydrogen-bond acceptors (Lipinski definition) is 4. The number of ether oxygens (including phenoxy) is 1. The lowest BCUT2D eigenvalue weighted by Crippen LogP contribution is -2.41. The summed E-state index contributed by atoms with van der Waals surface area (Å²) in [6.07, 6.45) is 1.01. The molecule has 1 N–H and O–H groups in total. The number of amides is 1. The number of rotatable bonds is 5. The highest BCUT2D eigenvalue weighted by Gasteiger charge is 2.32. The van der Waals surface area contributed by atoms with Crippen LogP contribution in [0.15, 0.2) is 47.4 Å². The van der Waals surface area contributed by atoms with E-state index in [0.29, 0.717) is 31.7 Å². The molecule has 1 saturated heterocycles. The van der Waals surface area contributed by atoms with E-state index in [1.54, 1.807) is 25.3 Å². The van der Waals surface area contributed by atoms with Gasteiger partial charge in [0.1, 0.15) is 5.75 Å². The van der Waals surface area contributed by atoms with Gasteiger partial charge in [-0.1, -0.05) is 12.1 Å². The summed E-state index contributed by atoms with van der Waals surface area (Å²) in [5.41, 5.74) is 2.62. The van der Waals surface area contributed by atoms with Gasteiger partial charge in [-0.2, -0.15) is 4.31 Å². The van der Waals surface area contributed by atoms with Crippen LogP contribution in [0.3, 0.4) is 0 Å². The van der Waals surface area contributed by atoms with Gasteiger partial charge in [0, 0.05) is 24.7 Å². The molecule has 1 aliphatic rings. The molecule has 1 heterocycles. The molecule has 1 aliphatic heterocycles. The summed E-state index contributed by atoms with van der Waals surface area (Å²) in [5.74, 6) is 0.415. The van der Waals surface area contributed by atoms with Crippen molar-refractivity contribution < 1.29 is 17.9 Å². The molecule has 0 radical (unpaired) electrons. The van der Waals surface area contributed by atoms with Gasteiger partial charge >= 0.3 is 0 Å². The SMILES string of the molecule is COc1ccc(S(=O)(=O)N2CCC(C(=O)Nc3cccc(C)c3)CC2)cc1C. The molecule has 0 atom stereocenters. The fourth-order valence-electron chi connectivity index (χ4n) is 3.49. The second-order valence-electron chi connectivity index (χ2n) is 7.17. The van der Waals surface area contributed by atoms with Crippen molar-refractivity contribution in [2.45, 2.75) is 31.6 Å². The number of aryl methyl sites for hydroxylation is 2. The molecular weight excluding hydrogens is 376 g/mol. The summed E-state index contributed by atoms with van der Waals surface area (Å²) >= 11 is 0. The monoisotopic (exact) mass is 402 g/mol. The molecule has 2 aromatic rings. The number of nitrogens with zero attached hydrogens (tertiary/aromatic N) is 1. The van der Waals surface area contributed by atoms with E-state index in [2.05, 4.69) is 5.32 Å². The molecule has 0 spiro atoms. The van der Waals surface area contributed by atoms with E-state index in [1.807, 2.05) is 38.1 Å². The zero-order chi connectivity index (χ0) is 20.3. The maximum atomic E-state index is 12.9. The Hall–Kier alpha value is -2.38. The third-order valence-corrected chi connectivity index (χ3v) is 7.01. The van der Waals surface area contributed by atoms with E-state index < -0.39 is 10.0 Å². The van der Waals surface area contributed by atoms with Crippen molar-refractivity contribution >= 4 is 21.6 Å². The van der Waals surface area contributed by atoms with E-state index in [9.17, 15) is 13.2 Å². The molecule has 0 unspecified atom stereocenters. The first kappa shape index (κ1) is 20.4. The van der Waals surface area contributed by atoms with E-state index in [0.717, 1.165) is 16.8 Å². The van der Waals surface area contributed by atoms with Crippen LogP contribution < -0.4 is 10.1 Å². The number of hydrogen-bond donors (Lipinski definition) is 1. The number of carbonyl (C=O) groups is 1. The van der Waals surface area contributed by atoms with Crippen molar-refractivity contribution in [3.63, 3.8) is 0 Å². The van der Waals surface area contributed by atoms with Gasteiger partial charge in [-0.15, -0.1) is 0 Å². The van der Waals surface area contributed by atoms with E-state index >= 15 is 0 Å². The van der Waals surface area contributed by atoms with Crippen LogP contribution in [-0.4, -0.2) is 38.8 Å². The van der Waals surface area contributed by atoms with Crippen molar-refractivity contribution in [1.82, 2.24) is 4.31 Å². The van der Waals surface area contributed by atoms with Gasteiger partial charge in [0.2, 0.25) is 15.9 Å². The van der Waals surface area contributed by atoms with Crippen LogP contribution in [0.5, 0.6) is 5.75 Å². The molecule has 7 heteroatoms. The smallest absolute Gasteiger partial charge is 0.243 e. The van der Waals surface area contributed by atoms with Gasteiger partial charge < -0.3 is 10.1 Å². The van der Waals surface area contributed by atoms with Crippen LogP contribution in [0.4, 0.5) is 5.69 Å². The van der Waals surface area contributed by atoms with Gasteiger partial charge in [-0.3, -0.25) is 4.79 Å². The minimum absolute atomic E-state index is 0.0528. The normalized spacial score (nSPS) is 16.0.